The molecule has 0 atom stereocenters. The molecular weight excluding hydrogens is 400 g/mol. The maximum absolute atomic E-state index is 12.0. The zero-order valence-corrected chi connectivity index (χ0v) is 16.1. The molecule has 2 aromatic carbocycles. The maximum atomic E-state index is 12.0. The van der Waals surface area contributed by atoms with Crippen LogP contribution in [-0.4, -0.2) is 24.7 Å². The molecule has 0 spiro atoms. The van der Waals surface area contributed by atoms with E-state index < -0.39 is 11.9 Å². The van der Waals surface area contributed by atoms with Crippen molar-refractivity contribution < 1.29 is 19.1 Å². The Labute approximate surface area is 170 Å². The summed E-state index contributed by atoms with van der Waals surface area (Å²) in [5.41, 5.74) is 3.02. The molecule has 3 rings (SSSR count). The molecule has 1 heterocycles. The second-order valence-corrected chi connectivity index (χ2v) is 6.81. The van der Waals surface area contributed by atoms with Crippen LogP contribution in [0.5, 0.6) is 11.5 Å². The summed E-state index contributed by atoms with van der Waals surface area (Å²) in [6.07, 6.45) is 1.44. The Hall–Kier alpha value is -3.16. The first-order valence-corrected chi connectivity index (χ1v) is 9.42. The number of hydrazone groups is 1. The fourth-order valence-electron chi connectivity index (χ4n) is 2.13. The first-order valence-electron chi connectivity index (χ1n) is 8.17. The number of amides is 1. The van der Waals surface area contributed by atoms with Gasteiger partial charge in [-0.15, -0.1) is 11.3 Å². The number of benzene rings is 2. The zero-order chi connectivity index (χ0) is 19.8. The summed E-state index contributed by atoms with van der Waals surface area (Å²) in [5, 5.41) is 6.10. The van der Waals surface area contributed by atoms with Gasteiger partial charge in [-0.2, -0.15) is 5.10 Å². The molecular formula is C20H15ClN2O4S. The summed E-state index contributed by atoms with van der Waals surface area (Å²) < 4.78 is 10.6. The van der Waals surface area contributed by atoms with Gasteiger partial charge in [-0.3, -0.25) is 4.79 Å². The molecule has 0 fully saturated rings. The smallest absolute Gasteiger partial charge is 0.353 e. The van der Waals surface area contributed by atoms with E-state index in [1.165, 1.54) is 17.6 Å². The summed E-state index contributed by atoms with van der Waals surface area (Å²) in [6, 6.07) is 17.1. The van der Waals surface area contributed by atoms with Crippen LogP contribution in [0.1, 0.15) is 15.2 Å². The molecule has 0 aliphatic carbocycles. The third kappa shape index (κ3) is 5.67. The van der Waals surface area contributed by atoms with Gasteiger partial charge < -0.3 is 9.47 Å². The van der Waals surface area contributed by atoms with Crippen LogP contribution >= 0.6 is 22.9 Å². The van der Waals surface area contributed by atoms with Crippen LogP contribution in [0.3, 0.4) is 0 Å². The van der Waals surface area contributed by atoms with Crippen molar-refractivity contribution in [1.29, 1.82) is 0 Å². The number of para-hydroxylation sites is 1. The van der Waals surface area contributed by atoms with Gasteiger partial charge in [-0.05, 0) is 41.3 Å². The van der Waals surface area contributed by atoms with Gasteiger partial charge in [0.05, 0.1) is 11.2 Å². The summed E-state index contributed by atoms with van der Waals surface area (Å²) >= 11 is 7.26. The van der Waals surface area contributed by atoms with Gasteiger partial charge in [0, 0.05) is 0 Å². The van der Waals surface area contributed by atoms with E-state index in [2.05, 4.69) is 10.5 Å². The molecule has 6 nitrogen and oxygen atoms in total. The van der Waals surface area contributed by atoms with Crippen LogP contribution < -0.4 is 14.9 Å². The molecule has 3 aromatic rings. The highest BCUT2D eigenvalue weighted by atomic mass is 35.5. The number of rotatable bonds is 7. The van der Waals surface area contributed by atoms with Gasteiger partial charge in [-0.1, -0.05) is 41.9 Å². The molecule has 1 N–H and O–H groups in total. The van der Waals surface area contributed by atoms with Crippen LogP contribution in [0.2, 0.25) is 5.02 Å². The third-order valence-electron chi connectivity index (χ3n) is 3.39. The van der Waals surface area contributed by atoms with E-state index in [9.17, 15) is 9.59 Å². The number of carbonyl (C=O) groups is 2. The second-order valence-electron chi connectivity index (χ2n) is 5.45. The number of nitrogens with zero attached hydrogens (tertiary/aromatic N) is 1. The number of thiophene rings is 1. The molecule has 0 saturated heterocycles. The topological polar surface area (TPSA) is 77.0 Å². The zero-order valence-electron chi connectivity index (χ0n) is 14.5. The maximum Gasteiger partial charge on any atom is 0.353 e. The van der Waals surface area contributed by atoms with Gasteiger partial charge in [-0.25, -0.2) is 10.2 Å². The number of esters is 1. The molecule has 0 aliphatic heterocycles. The lowest BCUT2D eigenvalue weighted by Gasteiger charge is -2.06. The highest BCUT2D eigenvalue weighted by molar-refractivity contribution is 7.12. The van der Waals surface area contributed by atoms with Crippen molar-refractivity contribution >= 4 is 41.0 Å². The van der Waals surface area contributed by atoms with Crippen molar-refractivity contribution in [2.45, 2.75) is 0 Å². The Morgan fingerprint density at radius 2 is 1.96 bits per heavy atom. The monoisotopic (exact) mass is 414 g/mol. The molecule has 0 radical (unpaired) electrons. The molecule has 1 amide bonds. The van der Waals surface area contributed by atoms with Crippen molar-refractivity contribution in [2.75, 3.05) is 6.61 Å². The number of ether oxygens (including phenoxy) is 2. The fourth-order valence-corrected chi connectivity index (χ4v) is 2.92. The number of halogens is 1. The summed E-state index contributed by atoms with van der Waals surface area (Å²) in [6.45, 7) is -0.223. The predicted molar refractivity (Wildman–Crippen MR) is 108 cm³/mol. The van der Waals surface area contributed by atoms with Crippen molar-refractivity contribution in [3.63, 3.8) is 0 Å². The van der Waals surface area contributed by atoms with Crippen LogP contribution in [0.15, 0.2) is 71.1 Å². The standard InChI is InChI=1S/C20H15ClN2O4S/c21-16-7-1-2-8-17(16)26-13-19(24)23-22-12-14-5-3-6-15(11-14)27-20(25)18-9-4-10-28-18/h1-12H,13H2,(H,23,24). The largest absolute Gasteiger partial charge is 0.482 e. The Morgan fingerprint density at radius 3 is 2.75 bits per heavy atom. The van der Waals surface area contributed by atoms with Crippen molar-refractivity contribution in [2.24, 2.45) is 5.10 Å². The minimum absolute atomic E-state index is 0.223. The molecule has 142 valence electrons. The number of hydrogen-bond acceptors (Lipinski definition) is 6. The highest BCUT2D eigenvalue weighted by Crippen LogP contribution is 2.22. The third-order valence-corrected chi connectivity index (χ3v) is 4.55. The van der Waals surface area contributed by atoms with Crippen molar-refractivity contribution in [3.05, 3.63) is 81.5 Å². The van der Waals surface area contributed by atoms with E-state index >= 15 is 0 Å². The van der Waals surface area contributed by atoms with E-state index in [-0.39, 0.29) is 6.61 Å². The lowest BCUT2D eigenvalue weighted by molar-refractivity contribution is -0.123. The summed E-state index contributed by atoms with van der Waals surface area (Å²) in [4.78, 5) is 24.3. The van der Waals surface area contributed by atoms with E-state index in [1.54, 1.807) is 66.0 Å². The Bertz CT molecular complexity index is 989. The first kappa shape index (κ1) is 19.6. The fraction of sp³-hybridized carbons (Fsp3) is 0.0500. The Morgan fingerprint density at radius 1 is 1.11 bits per heavy atom. The van der Waals surface area contributed by atoms with Gasteiger partial charge in [0.1, 0.15) is 16.4 Å². The predicted octanol–water partition coefficient (Wildman–Crippen LogP) is 4.15. The van der Waals surface area contributed by atoms with Crippen LogP contribution in [-0.2, 0) is 4.79 Å². The van der Waals surface area contributed by atoms with Crippen molar-refractivity contribution in [3.8, 4) is 11.5 Å². The number of hydrogen-bond donors (Lipinski definition) is 1. The van der Waals surface area contributed by atoms with E-state index in [0.717, 1.165) is 0 Å². The molecule has 0 saturated carbocycles. The Kier molecular flexibility index (Phi) is 6.78. The second kappa shape index (κ2) is 9.68. The number of nitrogens with one attached hydrogen (secondary N) is 1. The molecule has 28 heavy (non-hydrogen) atoms. The minimum Gasteiger partial charge on any atom is -0.482 e. The van der Waals surface area contributed by atoms with Gasteiger partial charge in [0.15, 0.2) is 6.61 Å². The number of carbonyl (C=O) groups excluding carboxylic acids is 2. The molecule has 1 aromatic heterocycles. The minimum atomic E-state index is -0.434. The molecule has 0 unspecified atom stereocenters. The Balaban J connectivity index is 1.50. The van der Waals surface area contributed by atoms with Gasteiger partial charge in [0.2, 0.25) is 0 Å². The van der Waals surface area contributed by atoms with E-state index in [4.69, 9.17) is 21.1 Å². The summed E-state index contributed by atoms with van der Waals surface area (Å²) in [5.74, 6) is -0.0511. The molecule has 8 heteroatoms. The van der Waals surface area contributed by atoms with Crippen molar-refractivity contribution in [1.82, 2.24) is 5.43 Å². The van der Waals surface area contributed by atoms with Gasteiger partial charge in [0.25, 0.3) is 5.91 Å². The SMILES string of the molecule is O=C(COc1ccccc1Cl)NN=Cc1cccc(OC(=O)c2cccs2)c1. The molecule has 0 aliphatic rings. The van der Waals surface area contributed by atoms with Gasteiger partial charge >= 0.3 is 5.97 Å². The normalized spacial score (nSPS) is 10.6. The average Bonchev–Trinajstić information content (AvgIpc) is 3.23. The lowest BCUT2D eigenvalue weighted by atomic mass is 10.2. The average molecular weight is 415 g/mol. The lowest BCUT2D eigenvalue weighted by Crippen LogP contribution is -2.24. The van der Waals surface area contributed by atoms with E-state index in [0.29, 0.717) is 27.0 Å². The first-order chi connectivity index (χ1) is 13.6. The molecule has 0 bridgehead atoms. The highest BCUT2D eigenvalue weighted by Gasteiger charge is 2.09. The summed E-state index contributed by atoms with van der Waals surface area (Å²) in [7, 11) is 0. The van der Waals surface area contributed by atoms with E-state index in [1.807, 2.05) is 0 Å². The quantitative estimate of drug-likeness (QED) is 0.273. The van der Waals surface area contributed by atoms with Crippen LogP contribution in [0.25, 0.3) is 0 Å². The van der Waals surface area contributed by atoms with Crippen LogP contribution in [0.4, 0.5) is 0 Å². The van der Waals surface area contributed by atoms with Crippen LogP contribution in [0, 0.1) is 0 Å².